The number of carbonyl (C=O) groups excluding carboxylic acids is 4. The highest BCUT2D eigenvalue weighted by molar-refractivity contribution is 8.13. The van der Waals surface area contributed by atoms with Crippen LogP contribution in [0, 0.1) is 17.8 Å². The number of carboxylic acids is 1. The maximum absolute atomic E-state index is 12.4. The lowest BCUT2D eigenvalue weighted by molar-refractivity contribution is -0.149. The number of amides is 3. The third-order valence-electron chi connectivity index (χ3n) is 3.98. The highest BCUT2D eigenvalue weighted by atomic mass is 32.2. The van der Waals surface area contributed by atoms with Crippen LogP contribution in [0.5, 0.6) is 0 Å². The average Bonchev–Trinajstić information content (AvgIpc) is 2.60. The maximum atomic E-state index is 12.4. The van der Waals surface area contributed by atoms with Gasteiger partial charge in [0.1, 0.15) is 5.92 Å². The summed E-state index contributed by atoms with van der Waals surface area (Å²) in [6.07, 6.45) is -0.0406. The van der Waals surface area contributed by atoms with E-state index in [1.54, 1.807) is 0 Å². The Labute approximate surface area is 169 Å². The Bertz CT molecular complexity index is 580. The molecular weight excluding hydrogens is 388 g/mol. The summed E-state index contributed by atoms with van der Waals surface area (Å²) >= 11 is 1.01. The van der Waals surface area contributed by atoms with E-state index in [-0.39, 0.29) is 36.2 Å². The number of hydrogen-bond donors (Lipinski definition) is 2. The summed E-state index contributed by atoms with van der Waals surface area (Å²) in [5, 5.41) is 11.9. The Morgan fingerprint density at radius 3 is 2.25 bits per heavy atom. The number of carboxylic acid groups (broad SMARTS) is 1. The van der Waals surface area contributed by atoms with Gasteiger partial charge >= 0.3 is 12.1 Å². The van der Waals surface area contributed by atoms with E-state index >= 15 is 0 Å². The maximum Gasteiger partial charge on any atom is 0.415 e. The summed E-state index contributed by atoms with van der Waals surface area (Å²) in [4.78, 5) is 59.2. The Morgan fingerprint density at radius 2 is 1.79 bits per heavy atom. The zero-order valence-corrected chi connectivity index (χ0v) is 17.8. The number of nitrogens with one attached hydrogen (secondary N) is 1. The number of hydrogen-bond acceptors (Lipinski definition) is 7. The van der Waals surface area contributed by atoms with Crippen LogP contribution in [0.4, 0.5) is 4.79 Å². The van der Waals surface area contributed by atoms with Crippen molar-refractivity contribution < 1.29 is 33.8 Å². The Hall–Kier alpha value is -2.10. The van der Waals surface area contributed by atoms with Crippen molar-refractivity contribution in [1.82, 2.24) is 10.2 Å². The molecule has 0 saturated carbocycles. The second-order valence-electron chi connectivity index (χ2n) is 6.83. The van der Waals surface area contributed by atoms with Gasteiger partial charge in [-0.1, -0.05) is 25.6 Å². The smallest absolute Gasteiger partial charge is 0.415 e. The molecule has 0 unspecified atom stereocenters. The normalized spacial score (nSPS) is 12.8. The summed E-state index contributed by atoms with van der Waals surface area (Å²) in [7, 11) is 2.45. The Balaban J connectivity index is 4.78. The largest absolute Gasteiger partial charge is 0.481 e. The molecule has 10 heteroatoms. The fourth-order valence-electron chi connectivity index (χ4n) is 2.63. The van der Waals surface area contributed by atoms with Crippen molar-refractivity contribution in [2.45, 2.75) is 40.0 Å². The first-order chi connectivity index (χ1) is 13.0. The number of ether oxygens (including phenoxy) is 1. The van der Waals surface area contributed by atoms with Gasteiger partial charge in [-0.3, -0.25) is 24.1 Å². The summed E-state index contributed by atoms with van der Waals surface area (Å²) in [5.41, 5.74) is 0. The van der Waals surface area contributed by atoms with Crippen molar-refractivity contribution in [3.8, 4) is 0 Å². The molecule has 2 atom stereocenters. The van der Waals surface area contributed by atoms with Gasteiger partial charge in [0.05, 0.1) is 7.11 Å². The van der Waals surface area contributed by atoms with Gasteiger partial charge < -0.3 is 15.2 Å². The van der Waals surface area contributed by atoms with E-state index in [1.165, 1.54) is 14.0 Å². The molecule has 3 amide bonds. The van der Waals surface area contributed by atoms with Crippen molar-refractivity contribution in [2.75, 3.05) is 26.5 Å². The van der Waals surface area contributed by atoms with Crippen LogP contribution in [0.1, 0.15) is 40.0 Å². The van der Waals surface area contributed by atoms with Crippen molar-refractivity contribution in [2.24, 2.45) is 17.8 Å². The predicted octanol–water partition coefficient (Wildman–Crippen LogP) is 1.75. The highest BCUT2D eigenvalue weighted by Crippen LogP contribution is 2.26. The number of rotatable bonds is 11. The van der Waals surface area contributed by atoms with E-state index in [2.05, 4.69) is 10.1 Å². The molecule has 0 bridgehead atoms. The molecule has 0 aromatic carbocycles. The Kier molecular flexibility index (Phi) is 12.2. The van der Waals surface area contributed by atoms with Crippen molar-refractivity contribution in [1.29, 1.82) is 0 Å². The molecule has 0 fully saturated rings. The van der Waals surface area contributed by atoms with Crippen LogP contribution in [-0.2, 0) is 23.9 Å². The van der Waals surface area contributed by atoms with Gasteiger partial charge in [0, 0.05) is 32.7 Å². The van der Waals surface area contributed by atoms with Crippen molar-refractivity contribution in [3.63, 3.8) is 0 Å². The molecule has 0 aromatic rings. The molecule has 0 heterocycles. The summed E-state index contributed by atoms with van der Waals surface area (Å²) in [6.45, 7) is 5.34. The van der Waals surface area contributed by atoms with Crippen LogP contribution >= 0.6 is 11.8 Å². The molecule has 0 radical (unpaired) electrons. The van der Waals surface area contributed by atoms with Crippen LogP contribution in [-0.4, -0.2) is 65.5 Å². The van der Waals surface area contributed by atoms with Crippen molar-refractivity contribution >= 4 is 40.8 Å². The Morgan fingerprint density at radius 1 is 1.18 bits per heavy atom. The first kappa shape index (κ1) is 25.9. The molecule has 9 nitrogen and oxygen atoms in total. The molecule has 160 valence electrons. The van der Waals surface area contributed by atoms with Gasteiger partial charge in [-0.25, -0.2) is 4.79 Å². The number of imide groups is 1. The van der Waals surface area contributed by atoms with Crippen LogP contribution in [0.2, 0.25) is 0 Å². The molecule has 2 N–H and O–H groups in total. The van der Waals surface area contributed by atoms with Crippen LogP contribution in [0.15, 0.2) is 0 Å². The van der Waals surface area contributed by atoms with E-state index < -0.39 is 35.7 Å². The number of carbonyl (C=O) groups is 5. The predicted molar refractivity (Wildman–Crippen MR) is 105 cm³/mol. The van der Waals surface area contributed by atoms with Crippen LogP contribution in [0.25, 0.3) is 0 Å². The molecule has 0 spiro atoms. The quantitative estimate of drug-likeness (QED) is 0.383. The average molecular weight is 419 g/mol. The minimum atomic E-state index is -1.28. The highest BCUT2D eigenvalue weighted by Gasteiger charge is 2.35. The van der Waals surface area contributed by atoms with E-state index in [0.717, 1.165) is 23.8 Å². The third-order valence-corrected chi connectivity index (χ3v) is 4.99. The number of thioether (sulfide) groups is 1. The van der Waals surface area contributed by atoms with Gasteiger partial charge in [-0.15, -0.1) is 0 Å². The SMILES string of the molecule is COC(=O)N(C)C(=O)CCCNC(=O)[C@@H](C(=O)O)[C@H](CSC(C)=O)CC(C)C. The lowest BCUT2D eigenvalue weighted by Gasteiger charge is -2.24. The molecule has 0 aromatic heterocycles. The monoisotopic (exact) mass is 418 g/mol. The zero-order valence-electron chi connectivity index (χ0n) is 17.0. The summed E-state index contributed by atoms with van der Waals surface area (Å²) < 4.78 is 4.44. The fourth-order valence-corrected chi connectivity index (χ4v) is 3.40. The van der Waals surface area contributed by atoms with Gasteiger partial charge in [0.15, 0.2) is 5.12 Å². The third kappa shape index (κ3) is 9.72. The van der Waals surface area contributed by atoms with E-state index in [0.29, 0.717) is 6.42 Å². The minimum absolute atomic E-state index is 0.000765. The molecular formula is C18H30N2O7S. The number of methoxy groups -OCH3 is 1. The van der Waals surface area contributed by atoms with E-state index in [1.807, 2.05) is 13.8 Å². The van der Waals surface area contributed by atoms with Crippen LogP contribution in [0.3, 0.4) is 0 Å². The molecule has 0 aliphatic heterocycles. The lowest BCUT2D eigenvalue weighted by atomic mass is 9.86. The van der Waals surface area contributed by atoms with E-state index in [4.69, 9.17) is 0 Å². The molecule has 0 aliphatic rings. The van der Waals surface area contributed by atoms with Gasteiger partial charge in [-0.05, 0) is 24.7 Å². The summed E-state index contributed by atoms with van der Waals surface area (Å²) in [5.74, 6) is -3.70. The summed E-state index contributed by atoms with van der Waals surface area (Å²) in [6, 6.07) is 0. The lowest BCUT2D eigenvalue weighted by Crippen LogP contribution is -2.42. The topological polar surface area (TPSA) is 130 Å². The molecule has 0 rings (SSSR count). The van der Waals surface area contributed by atoms with Crippen LogP contribution < -0.4 is 5.32 Å². The second kappa shape index (κ2) is 13.1. The number of aliphatic carboxylic acids is 1. The first-order valence-electron chi connectivity index (χ1n) is 8.99. The van der Waals surface area contributed by atoms with Crippen molar-refractivity contribution in [3.05, 3.63) is 0 Å². The molecule has 28 heavy (non-hydrogen) atoms. The van der Waals surface area contributed by atoms with E-state index in [9.17, 15) is 29.1 Å². The zero-order chi connectivity index (χ0) is 21.9. The molecule has 0 aliphatic carbocycles. The second-order valence-corrected chi connectivity index (χ2v) is 8.02. The number of nitrogens with zero attached hydrogens (tertiary/aromatic N) is 1. The van der Waals surface area contributed by atoms with Gasteiger partial charge in [0.25, 0.3) is 0 Å². The standard InChI is InChI=1S/C18H30N2O7S/c1-11(2)9-13(10-28-12(3)21)15(17(24)25)16(23)19-8-6-7-14(22)20(4)18(26)27-5/h11,13,15H,6-10H2,1-5H3,(H,19,23)(H,24,25)/t13-,15-/m0/s1. The fraction of sp³-hybridized carbons (Fsp3) is 0.722. The minimum Gasteiger partial charge on any atom is -0.481 e. The first-order valence-corrected chi connectivity index (χ1v) is 9.98. The van der Waals surface area contributed by atoms with Gasteiger partial charge in [-0.2, -0.15) is 0 Å². The molecule has 0 saturated heterocycles. The van der Waals surface area contributed by atoms with Gasteiger partial charge in [0.2, 0.25) is 11.8 Å².